The highest BCUT2D eigenvalue weighted by atomic mass is 16.4. The van der Waals surface area contributed by atoms with E-state index in [2.05, 4.69) is 10.3 Å². The van der Waals surface area contributed by atoms with Crippen molar-refractivity contribution in [2.75, 3.05) is 5.32 Å². The molecule has 1 aromatic heterocycles. The second-order valence-electron chi connectivity index (χ2n) is 7.18. The zero-order valence-electron chi connectivity index (χ0n) is 15.8. The fraction of sp³-hybridized carbons (Fsp3) is 0.130. The van der Waals surface area contributed by atoms with E-state index in [0.29, 0.717) is 24.1 Å². The lowest BCUT2D eigenvalue weighted by atomic mass is 9.81. The maximum atomic E-state index is 12.7. The maximum Gasteiger partial charge on any atom is 0.335 e. The van der Waals surface area contributed by atoms with Crippen LogP contribution in [0.1, 0.15) is 54.7 Å². The molecule has 7 nitrogen and oxygen atoms in total. The molecule has 1 heterocycles. The number of carboxylic acid groups (broad SMARTS) is 1. The van der Waals surface area contributed by atoms with Crippen molar-refractivity contribution in [1.82, 2.24) is 4.98 Å². The summed E-state index contributed by atoms with van der Waals surface area (Å²) in [5.41, 5.74) is 1.35. The molecule has 1 aliphatic rings. The molecule has 7 heteroatoms. The molecule has 2 aromatic carbocycles. The van der Waals surface area contributed by atoms with Crippen LogP contribution in [0.4, 0.5) is 5.69 Å². The minimum Gasteiger partial charge on any atom is -0.478 e. The van der Waals surface area contributed by atoms with Crippen LogP contribution in [0.15, 0.2) is 65.5 Å². The Kier molecular flexibility index (Phi) is 5.02. The van der Waals surface area contributed by atoms with Gasteiger partial charge in [-0.2, -0.15) is 0 Å². The standard InChI is InChI=1S/C23H18N2O5/c26-20-11-15(13-5-2-1-3-6-13)10-19-17(20)12-18(22(28)25-19)21(27)24-16-8-4-7-14(9-16)23(29)30/h1-9,12,15H,10-11H2,(H,24,27)(H,25,28)(H,29,30)/t15-/m1/s1. The fourth-order valence-corrected chi connectivity index (χ4v) is 3.69. The highest BCUT2D eigenvalue weighted by Crippen LogP contribution is 2.31. The van der Waals surface area contributed by atoms with Crippen molar-refractivity contribution >= 4 is 23.3 Å². The van der Waals surface area contributed by atoms with E-state index in [1.165, 1.54) is 30.3 Å². The summed E-state index contributed by atoms with van der Waals surface area (Å²) in [6.07, 6.45) is 0.799. The van der Waals surface area contributed by atoms with Crippen LogP contribution in [-0.4, -0.2) is 27.8 Å². The van der Waals surface area contributed by atoms with Gasteiger partial charge in [0.25, 0.3) is 11.5 Å². The molecule has 30 heavy (non-hydrogen) atoms. The number of carbonyl (C=O) groups is 3. The van der Waals surface area contributed by atoms with Gasteiger partial charge in [0.05, 0.1) is 5.56 Å². The van der Waals surface area contributed by atoms with Crippen LogP contribution in [0.5, 0.6) is 0 Å². The van der Waals surface area contributed by atoms with Crippen LogP contribution in [0.25, 0.3) is 0 Å². The van der Waals surface area contributed by atoms with Crippen molar-refractivity contribution in [3.05, 3.63) is 99.0 Å². The van der Waals surface area contributed by atoms with Gasteiger partial charge >= 0.3 is 5.97 Å². The van der Waals surface area contributed by atoms with Crippen molar-refractivity contribution in [3.63, 3.8) is 0 Å². The van der Waals surface area contributed by atoms with Gasteiger partial charge in [-0.1, -0.05) is 36.4 Å². The molecule has 0 bridgehead atoms. The van der Waals surface area contributed by atoms with Crippen LogP contribution in [0.2, 0.25) is 0 Å². The van der Waals surface area contributed by atoms with Crippen molar-refractivity contribution in [3.8, 4) is 0 Å². The Morgan fingerprint density at radius 2 is 1.73 bits per heavy atom. The van der Waals surface area contributed by atoms with Gasteiger partial charge in [0.2, 0.25) is 0 Å². The molecule has 0 spiro atoms. The molecule has 1 aliphatic carbocycles. The molecule has 0 fully saturated rings. The first-order valence-electron chi connectivity index (χ1n) is 9.41. The molecular formula is C23H18N2O5. The number of carboxylic acids is 1. The zero-order valence-corrected chi connectivity index (χ0v) is 15.8. The van der Waals surface area contributed by atoms with E-state index in [-0.39, 0.29) is 28.5 Å². The average Bonchev–Trinajstić information content (AvgIpc) is 2.74. The van der Waals surface area contributed by atoms with Gasteiger partial charge in [0, 0.05) is 23.4 Å². The summed E-state index contributed by atoms with van der Waals surface area (Å²) in [7, 11) is 0. The molecule has 0 unspecified atom stereocenters. The second-order valence-corrected chi connectivity index (χ2v) is 7.18. The first-order chi connectivity index (χ1) is 14.4. The lowest BCUT2D eigenvalue weighted by molar-refractivity contribution is 0.0696. The van der Waals surface area contributed by atoms with Gasteiger partial charge < -0.3 is 15.4 Å². The molecule has 150 valence electrons. The van der Waals surface area contributed by atoms with E-state index >= 15 is 0 Å². The van der Waals surface area contributed by atoms with Crippen LogP contribution in [-0.2, 0) is 6.42 Å². The normalized spacial score (nSPS) is 15.3. The number of hydrogen-bond donors (Lipinski definition) is 3. The van der Waals surface area contributed by atoms with Crippen LogP contribution >= 0.6 is 0 Å². The van der Waals surface area contributed by atoms with E-state index in [4.69, 9.17) is 5.11 Å². The number of benzene rings is 2. The molecule has 0 saturated heterocycles. The molecule has 0 saturated carbocycles. The number of Topliss-reactive ketones (excluding diaryl/α,β-unsaturated/α-hetero) is 1. The summed E-state index contributed by atoms with van der Waals surface area (Å²) < 4.78 is 0. The monoisotopic (exact) mass is 402 g/mol. The maximum absolute atomic E-state index is 12.7. The predicted molar refractivity (Wildman–Crippen MR) is 110 cm³/mol. The van der Waals surface area contributed by atoms with Crippen molar-refractivity contribution in [1.29, 1.82) is 0 Å². The lowest BCUT2D eigenvalue weighted by Crippen LogP contribution is -2.29. The molecule has 4 rings (SSSR count). The van der Waals surface area contributed by atoms with E-state index < -0.39 is 17.4 Å². The summed E-state index contributed by atoms with van der Waals surface area (Å²) in [6.45, 7) is 0. The van der Waals surface area contributed by atoms with Gasteiger partial charge in [0.15, 0.2) is 5.78 Å². The number of aromatic amines is 1. The van der Waals surface area contributed by atoms with Crippen LogP contribution < -0.4 is 10.9 Å². The third-order valence-corrected chi connectivity index (χ3v) is 5.19. The SMILES string of the molecule is O=C(O)c1cccc(NC(=O)c2cc3c([nH]c2=O)C[C@@H](c2ccccc2)CC3=O)c1. The number of rotatable bonds is 4. The Balaban J connectivity index is 1.61. The van der Waals surface area contributed by atoms with Crippen molar-refractivity contribution in [2.45, 2.75) is 18.8 Å². The summed E-state index contributed by atoms with van der Waals surface area (Å²) in [5.74, 6) is -2.00. The molecule has 3 N–H and O–H groups in total. The first-order valence-corrected chi connectivity index (χ1v) is 9.41. The highest BCUT2D eigenvalue weighted by Gasteiger charge is 2.28. The van der Waals surface area contributed by atoms with Gasteiger partial charge in [0.1, 0.15) is 5.56 Å². The highest BCUT2D eigenvalue weighted by molar-refractivity contribution is 6.07. The molecule has 0 radical (unpaired) electrons. The number of aromatic carboxylic acids is 1. The smallest absolute Gasteiger partial charge is 0.335 e. The Morgan fingerprint density at radius 1 is 0.967 bits per heavy atom. The molecule has 1 atom stereocenters. The minimum atomic E-state index is -1.13. The molecule has 0 aliphatic heterocycles. The largest absolute Gasteiger partial charge is 0.478 e. The number of aromatic nitrogens is 1. The van der Waals surface area contributed by atoms with E-state index in [1.54, 1.807) is 0 Å². The number of hydrogen-bond acceptors (Lipinski definition) is 4. The van der Waals surface area contributed by atoms with E-state index in [9.17, 15) is 19.2 Å². The third-order valence-electron chi connectivity index (χ3n) is 5.19. The van der Waals surface area contributed by atoms with E-state index in [0.717, 1.165) is 5.56 Å². The Hall–Kier alpha value is -4.00. The van der Waals surface area contributed by atoms with Gasteiger partial charge in [-0.3, -0.25) is 14.4 Å². The van der Waals surface area contributed by atoms with Gasteiger partial charge in [-0.05, 0) is 42.2 Å². The third kappa shape index (κ3) is 3.77. The van der Waals surface area contributed by atoms with E-state index in [1.807, 2.05) is 30.3 Å². The van der Waals surface area contributed by atoms with Crippen LogP contribution in [0, 0.1) is 0 Å². The topological polar surface area (TPSA) is 116 Å². The van der Waals surface area contributed by atoms with Gasteiger partial charge in [-0.25, -0.2) is 4.79 Å². The molecule has 3 aromatic rings. The van der Waals surface area contributed by atoms with Crippen molar-refractivity contribution < 1.29 is 19.5 Å². The number of ketones is 1. The Labute approximate surface area is 171 Å². The number of nitrogens with one attached hydrogen (secondary N) is 2. The van der Waals surface area contributed by atoms with Crippen LogP contribution in [0.3, 0.4) is 0 Å². The fourth-order valence-electron chi connectivity index (χ4n) is 3.69. The number of fused-ring (bicyclic) bond motifs is 1. The van der Waals surface area contributed by atoms with Gasteiger partial charge in [-0.15, -0.1) is 0 Å². The molecular weight excluding hydrogens is 384 g/mol. The Morgan fingerprint density at radius 3 is 2.47 bits per heavy atom. The summed E-state index contributed by atoms with van der Waals surface area (Å²) in [4.78, 5) is 51.6. The summed E-state index contributed by atoms with van der Waals surface area (Å²) in [6, 6.07) is 16.6. The second kappa shape index (κ2) is 7.79. The number of H-pyrrole nitrogens is 1. The number of anilines is 1. The Bertz CT molecular complexity index is 1210. The van der Waals surface area contributed by atoms with Crippen molar-refractivity contribution in [2.24, 2.45) is 0 Å². The summed E-state index contributed by atoms with van der Waals surface area (Å²) in [5, 5.41) is 11.6. The predicted octanol–water partition coefficient (Wildman–Crippen LogP) is 3.24. The molecule has 1 amide bonds. The summed E-state index contributed by atoms with van der Waals surface area (Å²) >= 11 is 0. The number of pyridine rings is 1. The average molecular weight is 402 g/mol. The number of amides is 1. The lowest BCUT2D eigenvalue weighted by Gasteiger charge is -2.24. The number of carbonyl (C=O) groups excluding carboxylic acids is 2. The zero-order chi connectivity index (χ0) is 21.3. The first kappa shape index (κ1) is 19.3. The quantitative estimate of drug-likeness (QED) is 0.619. The minimum absolute atomic E-state index is 0.00859.